The van der Waals surface area contributed by atoms with Crippen molar-refractivity contribution in [2.45, 2.75) is 39.7 Å². The third-order valence-electron chi connectivity index (χ3n) is 5.37. The van der Waals surface area contributed by atoms with Gasteiger partial charge in [-0.3, -0.25) is 0 Å². The Hall–Kier alpha value is -3.54. The average molecular weight is 417 g/mol. The van der Waals surface area contributed by atoms with Gasteiger partial charge < -0.3 is 9.26 Å². The van der Waals surface area contributed by atoms with Crippen LogP contribution in [0, 0.1) is 19.7 Å². The van der Waals surface area contributed by atoms with Crippen LogP contribution in [-0.4, -0.2) is 15.1 Å². The van der Waals surface area contributed by atoms with E-state index in [0.29, 0.717) is 17.3 Å². The van der Waals surface area contributed by atoms with Gasteiger partial charge in [-0.1, -0.05) is 61.0 Å². The Morgan fingerprint density at radius 1 is 0.871 bits per heavy atom. The van der Waals surface area contributed by atoms with Crippen LogP contribution in [0.2, 0.25) is 0 Å². The van der Waals surface area contributed by atoms with Crippen molar-refractivity contribution in [3.63, 3.8) is 0 Å². The highest BCUT2D eigenvalue weighted by molar-refractivity contribution is 5.48. The molecule has 2 aromatic carbocycles. The van der Waals surface area contributed by atoms with Crippen LogP contribution in [0.1, 0.15) is 42.1 Å². The summed E-state index contributed by atoms with van der Waals surface area (Å²) < 4.78 is 25.0. The number of aryl methyl sites for hydroxylation is 2. The molecule has 0 amide bonds. The van der Waals surface area contributed by atoms with Gasteiger partial charge in [-0.25, -0.2) is 9.37 Å². The van der Waals surface area contributed by atoms with E-state index in [-0.39, 0.29) is 23.6 Å². The lowest BCUT2D eigenvalue weighted by Gasteiger charge is -2.26. The van der Waals surface area contributed by atoms with Crippen LogP contribution in [0.15, 0.2) is 65.2 Å². The van der Waals surface area contributed by atoms with Gasteiger partial charge in [0, 0.05) is 5.41 Å². The van der Waals surface area contributed by atoms with Gasteiger partial charge in [0.15, 0.2) is 17.3 Å². The molecule has 0 aliphatic heterocycles. The summed E-state index contributed by atoms with van der Waals surface area (Å²) in [7, 11) is 0. The molecule has 0 aliphatic carbocycles. The van der Waals surface area contributed by atoms with Crippen molar-refractivity contribution in [2.24, 2.45) is 0 Å². The monoisotopic (exact) mass is 417 g/mol. The molecule has 4 rings (SSSR count). The summed E-state index contributed by atoms with van der Waals surface area (Å²) in [4.78, 5) is 8.32. The fourth-order valence-electron chi connectivity index (χ4n) is 3.37. The van der Waals surface area contributed by atoms with E-state index in [1.807, 2.05) is 12.1 Å². The normalized spacial score (nSPS) is 11.5. The van der Waals surface area contributed by atoms with E-state index in [1.165, 1.54) is 22.8 Å². The lowest BCUT2D eigenvalue weighted by Crippen LogP contribution is -2.18. The molecule has 0 bridgehead atoms. The number of aromatic nitrogens is 3. The average Bonchev–Trinajstić information content (AvgIpc) is 3.20. The van der Waals surface area contributed by atoms with E-state index in [1.54, 1.807) is 13.0 Å². The largest absolute Gasteiger partial charge is 0.487 e. The minimum Gasteiger partial charge on any atom is -0.487 e. The molecule has 0 saturated carbocycles. The SMILES string of the molecule is Cc1ccc(C(C)(C)c2ccc(OCc3ccc(F)c(-c4nc(C)no4)n3)cc2)cc1. The van der Waals surface area contributed by atoms with Gasteiger partial charge >= 0.3 is 0 Å². The fourth-order valence-corrected chi connectivity index (χ4v) is 3.37. The second-order valence-corrected chi connectivity index (χ2v) is 8.08. The van der Waals surface area contributed by atoms with E-state index in [2.05, 4.69) is 72.3 Å². The molecule has 31 heavy (non-hydrogen) atoms. The quantitative estimate of drug-likeness (QED) is 0.397. The van der Waals surface area contributed by atoms with Gasteiger partial charge in [-0.2, -0.15) is 4.98 Å². The van der Waals surface area contributed by atoms with Crippen molar-refractivity contribution >= 4 is 0 Å². The van der Waals surface area contributed by atoms with Gasteiger partial charge in [-0.05, 0) is 49.2 Å². The number of benzene rings is 2. The first-order chi connectivity index (χ1) is 14.8. The molecule has 4 aromatic rings. The minimum absolute atomic E-state index is 0.0249. The van der Waals surface area contributed by atoms with Gasteiger partial charge in [0.2, 0.25) is 0 Å². The van der Waals surface area contributed by atoms with Crippen LogP contribution < -0.4 is 4.74 Å². The van der Waals surface area contributed by atoms with Crippen molar-refractivity contribution in [3.8, 4) is 17.3 Å². The summed E-state index contributed by atoms with van der Waals surface area (Å²) in [6.45, 7) is 8.36. The molecule has 158 valence electrons. The zero-order valence-electron chi connectivity index (χ0n) is 18.0. The summed E-state index contributed by atoms with van der Waals surface area (Å²) >= 11 is 0. The minimum atomic E-state index is -0.518. The summed E-state index contributed by atoms with van der Waals surface area (Å²) in [6, 6.07) is 19.5. The number of ether oxygens (including phenoxy) is 1. The fraction of sp³-hybridized carbons (Fsp3) is 0.240. The van der Waals surface area contributed by atoms with Crippen LogP contribution >= 0.6 is 0 Å². The van der Waals surface area contributed by atoms with Crippen LogP contribution in [-0.2, 0) is 12.0 Å². The maximum absolute atomic E-state index is 14.1. The molecule has 5 nitrogen and oxygen atoms in total. The van der Waals surface area contributed by atoms with E-state index in [0.717, 1.165) is 0 Å². The van der Waals surface area contributed by atoms with Crippen LogP contribution in [0.5, 0.6) is 5.75 Å². The topological polar surface area (TPSA) is 61.0 Å². The number of rotatable bonds is 6. The molecule has 6 heteroatoms. The Labute approximate surface area is 180 Å². The zero-order chi connectivity index (χ0) is 22.0. The summed E-state index contributed by atoms with van der Waals surface area (Å²) in [5.41, 5.74) is 4.16. The lowest BCUT2D eigenvalue weighted by molar-refractivity contribution is 0.301. The van der Waals surface area contributed by atoms with Crippen LogP contribution in [0.3, 0.4) is 0 Å². The van der Waals surface area contributed by atoms with Crippen LogP contribution in [0.25, 0.3) is 11.6 Å². The molecule has 0 fully saturated rings. The van der Waals surface area contributed by atoms with E-state index < -0.39 is 5.82 Å². The lowest BCUT2D eigenvalue weighted by atomic mass is 9.78. The predicted octanol–water partition coefficient (Wildman–Crippen LogP) is 5.79. The van der Waals surface area contributed by atoms with E-state index in [9.17, 15) is 4.39 Å². The summed E-state index contributed by atoms with van der Waals surface area (Å²) in [6.07, 6.45) is 0. The van der Waals surface area contributed by atoms with Crippen molar-refractivity contribution in [1.29, 1.82) is 0 Å². The summed E-state index contributed by atoms with van der Waals surface area (Å²) in [5.74, 6) is 0.672. The van der Waals surface area contributed by atoms with Crippen molar-refractivity contribution in [1.82, 2.24) is 15.1 Å². The van der Waals surface area contributed by atoms with Crippen molar-refractivity contribution in [2.75, 3.05) is 0 Å². The Morgan fingerprint density at radius 2 is 1.52 bits per heavy atom. The molecular weight excluding hydrogens is 393 g/mol. The Balaban J connectivity index is 1.47. The van der Waals surface area contributed by atoms with Crippen molar-refractivity contribution < 1.29 is 13.7 Å². The van der Waals surface area contributed by atoms with Gasteiger partial charge in [0.05, 0.1) is 5.69 Å². The first-order valence-electron chi connectivity index (χ1n) is 10.1. The predicted molar refractivity (Wildman–Crippen MR) is 116 cm³/mol. The van der Waals surface area contributed by atoms with Gasteiger partial charge in [0.25, 0.3) is 5.89 Å². The third kappa shape index (κ3) is 4.48. The standard InChI is InChI=1S/C25H24FN3O2/c1-16-5-7-18(8-6-16)25(3,4)19-9-12-21(13-10-19)30-15-20-11-14-22(26)23(28-20)24-27-17(2)29-31-24/h5-14H,15H2,1-4H3. The Kier molecular flexibility index (Phi) is 5.55. The number of halogens is 1. The maximum Gasteiger partial charge on any atom is 0.279 e. The number of hydrogen-bond acceptors (Lipinski definition) is 5. The molecule has 0 aliphatic rings. The maximum atomic E-state index is 14.1. The van der Waals surface area contributed by atoms with E-state index >= 15 is 0 Å². The smallest absolute Gasteiger partial charge is 0.279 e. The molecule has 2 aromatic heterocycles. The molecule has 0 N–H and O–H groups in total. The molecule has 0 atom stereocenters. The van der Waals surface area contributed by atoms with Crippen LogP contribution in [0.4, 0.5) is 4.39 Å². The van der Waals surface area contributed by atoms with Crippen molar-refractivity contribution in [3.05, 3.63) is 94.7 Å². The molecule has 0 spiro atoms. The molecule has 0 saturated heterocycles. The summed E-state index contributed by atoms with van der Waals surface area (Å²) in [5, 5.41) is 3.69. The highest BCUT2D eigenvalue weighted by Crippen LogP contribution is 2.32. The molecule has 0 radical (unpaired) electrons. The van der Waals surface area contributed by atoms with Gasteiger partial charge in [0.1, 0.15) is 12.4 Å². The number of hydrogen-bond donors (Lipinski definition) is 0. The second kappa shape index (κ2) is 8.30. The van der Waals surface area contributed by atoms with Gasteiger partial charge in [-0.15, -0.1) is 0 Å². The molecular formula is C25H24FN3O2. The highest BCUT2D eigenvalue weighted by atomic mass is 19.1. The highest BCUT2D eigenvalue weighted by Gasteiger charge is 2.23. The Bertz CT molecular complexity index is 1180. The first kappa shape index (κ1) is 20.7. The molecule has 2 heterocycles. The Morgan fingerprint density at radius 3 is 2.13 bits per heavy atom. The second-order valence-electron chi connectivity index (χ2n) is 8.08. The van der Waals surface area contributed by atoms with E-state index in [4.69, 9.17) is 9.26 Å². The number of pyridine rings is 1. The third-order valence-corrected chi connectivity index (χ3v) is 5.37. The number of nitrogens with zero attached hydrogens (tertiary/aromatic N) is 3. The molecule has 0 unspecified atom stereocenters. The first-order valence-corrected chi connectivity index (χ1v) is 10.1. The zero-order valence-corrected chi connectivity index (χ0v) is 18.0.